The van der Waals surface area contributed by atoms with E-state index in [1.807, 2.05) is 38.1 Å². The van der Waals surface area contributed by atoms with E-state index in [9.17, 15) is 9.18 Å². The molecule has 31 heavy (non-hydrogen) atoms. The molecule has 0 aliphatic heterocycles. The quantitative estimate of drug-likeness (QED) is 0.508. The summed E-state index contributed by atoms with van der Waals surface area (Å²) < 4.78 is 20.0. The summed E-state index contributed by atoms with van der Waals surface area (Å²) in [6.45, 7) is 3.85. The van der Waals surface area contributed by atoms with Gasteiger partial charge in [-0.2, -0.15) is 4.98 Å². The van der Waals surface area contributed by atoms with E-state index < -0.39 is 0 Å². The van der Waals surface area contributed by atoms with Gasteiger partial charge >= 0.3 is 0 Å². The number of rotatable bonds is 6. The van der Waals surface area contributed by atoms with Gasteiger partial charge < -0.3 is 10.1 Å². The van der Waals surface area contributed by atoms with Crippen molar-refractivity contribution in [2.24, 2.45) is 0 Å². The molecule has 8 heteroatoms. The van der Waals surface area contributed by atoms with Crippen molar-refractivity contribution in [3.05, 3.63) is 71.3 Å². The minimum atomic E-state index is -0.343. The average molecular weight is 419 g/mol. The predicted molar refractivity (Wildman–Crippen MR) is 116 cm³/mol. The van der Waals surface area contributed by atoms with Crippen molar-refractivity contribution in [2.75, 3.05) is 12.4 Å². The van der Waals surface area contributed by atoms with Crippen LogP contribution in [0.25, 0.3) is 17.2 Å². The SMILES string of the molecule is COc1cccc(-c2nc3nc(C)c(CCC(=O)Nc4ccc(F)cc4)c(C)n3n2)c1. The highest BCUT2D eigenvalue weighted by atomic mass is 19.1. The molecule has 0 fully saturated rings. The Morgan fingerprint density at radius 1 is 1.13 bits per heavy atom. The number of carbonyl (C=O) groups excluding carboxylic acids is 1. The highest BCUT2D eigenvalue weighted by Gasteiger charge is 2.16. The fourth-order valence-corrected chi connectivity index (χ4v) is 3.45. The highest BCUT2D eigenvalue weighted by molar-refractivity contribution is 5.90. The lowest BCUT2D eigenvalue weighted by Crippen LogP contribution is -2.14. The second kappa shape index (κ2) is 8.51. The van der Waals surface area contributed by atoms with E-state index in [-0.39, 0.29) is 18.1 Å². The first kappa shape index (κ1) is 20.5. The van der Waals surface area contributed by atoms with Crippen molar-refractivity contribution >= 4 is 17.4 Å². The Morgan fingerprint density at radius 2 is 1.90 bits per heavy atom. The average Bonchev–Trinajstić information content (AvgIpc) is 3.19. The van der Waals surface area contributed by atoms with E-state index in [2.05, 4.69) is 20.4 Å². The van der Waals surface area contributed by atoms with E-state index in [4.69, 9.17) is 4.74 Å². The smallest absolute Gasteiger partial charge is 0.253 e. The lowest BCUT2D eigenvalue weighted by molar-refractivity contribution is -0.116. The predicted octanol–water partition coefficient (Wildman–Crippen LogP) is 4.13. The number of methoxy groups -OCH3 is 1. The number of benzene rings is 2. The fraction of sp³-hybridized carbons (Fsp3) is 0.217. The van der Waals surface area contributed by atoms with E-state index in [1.54, 1.807) is 11.6 Å². The number of hydrogen-bond donors (Lipinski definition) is 1. The van der Waals surface area contributed by atoms with Gasteiger partial charge in [0, 0.05) is 29.1 Å². The molecule has 0 bridgehead atoms. The molecule has 7 nitrogen and oxygen atoms in total. The minimum absolute atomic E-state index is 0.152. The van der Waals surface area contributed by atoms with Gasteiger partial charge in [-0.3, -0.25) is 4.79 Å². The van der Waals surface area contributed by atoms with Crippen molar-refractivity contribution in [3.63, 3.8) is 0 Å². The Hall–Kier alpha value is -3.81. The number of hydrogen-bond acceptors (Lipinski definition) is 5. The van der Waals surface area contributed by atoms with Crippen molar-refractivity contribution < 1.29 is 13.9 Å². The zero-order chi connectivity index (χ0) is 22.0. The molecule has 0 spiro atoms. The first-order valence-corrected chi connectivity index (χ1v) is 9.87. The van der Waals surface area contributed by atoms with Crippen LogP contribution in [0.15, 0.2) is 48.5 Å². The van der Waals surface area contributed by atoms with Gasteiger partial charge in [-0.1, -0.05) is 12.1 Å². The number of amides is 1. The van der Waals surface area contributed by atoms with Crippen LogP contribution in [0.3, 0.4) is 0 Å². The second-order valence-corrected chi connectivity index (χ2v) is 7.20. The summed E-state index contributed by atoms with van der Waals surface area (Å²) in [5, 5.41) is 7.39. The Balaban J connectivity index is 1.55. The Kier molecular flexibility index (Phi) is 5.62. The molecule has 1 N–H and O–H groups in total. The molecule has 158 valence electrons. The van der Waals surface area contributed by atoms with Crippen LogP contribution in [0.1, 0.15) is 23.4 Å². The number of nitrogens with one attached hydrogen (secondary N) is 1. The van der Waals surface area contributed by atoms with Crippen LogP contribution >= 0.6 is 0 Å². The molecular weight excluding hydrogens is 397 g/mol. The molecule has 0 saturated heterocycles. The third kappa shape index (κ3) is 4.37. The summed E-state index contributed by atoms with van der Waals surface area (Å²) in [5.41, 5.74) is 4.04. The maximum atomic E-state index is 13.0. The molecule has 4 rings (SSSR count). The van der Waals surface area contributed by atoms with Gasteiger partial charge in [0.15, 0.2) is 5.82 Å². The third-order valence-corrected chi connectivity index (χ3v) is 5.11. The molecule has 0 radical (unpaired) electrons. The van der Waals surface area contributed by atoms with Gasteiger partial charge in [-0.25, -0.2) is 13.9 Å². The molecule has 2 aromatic carbocycles. The normalized spacial score (nSPS) is 11.0. The summed E-state index contributed by atoms with van der Waals surface area (Å²) in [6.07, 6.45) is 0.770. The molecule has 0 saturated carbocycles. The van der Waals surface area contributed by atoms with Crippen LogP contribution in [-0.4, -0.2) is 32.6 Å². The fourth-order valence-electron chi connectivity index (χ4n) is 3.45. The number of nitrogens with zero attached hydrogens (tertiary/aromatic N) is 4. The van der Waals surface area contributed by atoms with E-state index in [0.717, 1.165) is 28.3 Å². The molecule has 0 aliphatic rings. The maximum absolute atomic E-state index is 13.0. The van der Waals surface area contributed by atoms with E-state index in [1.165, 1.54) is 24.3 Å². The second-order valence-electron chi connectivity index (χ2n) is 7.20. The van der Waals surface area contributed by atoms with Crippen molar-refractivity contribution in [1.82, 2.24) is 19.6 Å². The molecule has 2 heterocycles. The number of aromatic nitrogens is 4. The number of aryl methyl sites for hydroxylation is 2. The van der Waals surface area contributed by atoms with Gasteiger partial charge in [0.05, 0.1) is 7.11 Å². The topological polar surface area (TPSA) is 81.4 Å². The van der Waals surface area contributed by atoms with Crippen LogP contribution in [0.2, 0.25) is 0 Å². The summed E-state index contributed by atoms with van der Waals surface area (Å²) >= 11 is 0. The van der Waals surface area contributed by atoms with Gasteiger partial charge in [-0.15, -0.1) is 5.10 Å². The molecule has 2 aromatic heterocycles. The molecular formula is C23H22FN5O2. The molecule has 0 atom stereocenters. The summed E-state index contributed by atoms with van der Waals surface area (Å²) in [7, 11) is 1.61. The third-order valence-electron chi connectivity index (χ3n) is 5.11. The Labute approximate surface area is 178 Å². The van der Waals surface area contributed by atoms with Crippen LogP contribution in [0, 0.1) is 19.7 Å². The van der Waals surface area contributed by atoms with Crippen LogP contribution in [0.4, 0.5) is 10.1 Å². The largest absolute Gasteiger partial charge is 0.497 e. The van der Waals surface area contributed by atoms with Gasteiger partial charge in [0.25, 0.3) is 5.78 Å². The zero-order valence-electron chi connectivity index (χ0n) is 17.5. The number of fused-ring (bicyclic) bond motifs is 1. The van der Waals surface area contributed by atoms with Crippen LogP contribution in [-0.2, 0) is 11.2 Å². The highest BCUT2D eigenvalue weighted by Crippen LogP contribution is 2.23. The molecule has 0 unspecified atom stereocenters. The molecule has 1 amide bonds. The number of halogens is 1. The van der Waals surface area contributed by atoms with Crippen molar-refractivity contribution in [3.8, 4) is 17.1 Å². The zero-order valence-corrected chi connectivity index (χ0v) is 17.5. The summed E-state index contributed by atoms with van der Waals surface area (Å²) in [4.78, 5) is 21.5. The molecule has 0 aliphatic carbocycles. The van der Waals surface area contributed by atoms with Crippen LogP contribution < -0.4 is 10.1 Å². The van der Waals surface area contributed by atoms with Crippen molar-refractivity contribution in [2.45, 2.75) is 26.7 Å². The number of ether oxygens (including phenoxy) is 1. The van der Waals surface area contributed by atoms with Crippen molar-refractivity contribution in [1.29, 1.82) is 0 Å². The van der Waals surface area contributed by atoms with Gasteiger partial charge in [0.2, 0.25) is 5.91 Å². The lowest BCUT2D eigenvalue weighted by Gasteiger charge is -2.10. The number of anilines is 1. The first-order valence-electron chi connectivity index (χ1n) is 9.87. The Morgan fingerprint density at radius 3 is 2.65 bits per heavy atom. The standard InChI is InChI=1S/C23H22FN5O2/c1-14-20(11-12-21(30)26-18-9-7-17(24)8-10-18)15(2)29-23(25-14)27-22(28-29)16-5-4-6-19(13-16)31-3/h4-10,13H,11-12H2,1-3H3,(H,26,30). The lowest BCUT2D eigenvalue weighted by atomic mass is 10.1. The Bertz CT molecular complexity index is 1250. The summed E-state index contributed by atoms with van der Waals surface area (Å²) in [6, 6.07) is 13.2. The van der Waals surface area contributed by atoms with E-state index >= 15 is 0 Å². The minimum Gasteiger partial charge on any atom is -0.497 e. The first-order chi connectivity index (χ1) is 14.9. The number of carbonyl (C=O) groups is 1. The van der Waals surface area contributed by atoms with Gasteiger partial charge in [-0.05, 0) is 62.2 Å². The monoisotopic (exact) mass is 419 g/mol. The molecule has 4 aromatic rings. The summed E-state index contributed by atoms with van der Waals surface area (Å²) in [5.74, 6) is 1.29. The maximum Gasteiger partial charge on any atom is 0.253 e. The van der Waals surface area contributed by atoms with Gasteiger partial charge in [0.1, 0.15) is 11.6 Å². The van der Waals surface area contributed by atoms with E-state index in [0.29, 0.717) is 23.7 Å². The van der Waals surface area contributed by atoms with Crippen LogP contribution in [0.5, 0.6) is 5.75 Å².